The number of thioether (sulfide) groups is 1. The van der Waals surface area contributed by atoms with Gasteiger partial charge in [0.05, 0.1) is 11.9 Å². The molecule has 2 rings (SSSR count). The maximum atomic E-state index is 12.9. The van der Waals surface area contributed by atoms with Crippen molar-refractivity contribution >= 4 is 49.8 Å². The fourth-order valence-electron chi connectivity index (χ4n) is 2.77. The molecule has 0 spiro atoms. The number of nitrogens with one attached hydrogen (secondary N) is 1. The number of hydrogen-bond donors (Lipinski definition) is 1. The van der Waals surface area contributed by atoms with E-state index in [1.165, 1.54) is 27.4 Å². The highest BCUT2D eigenvalue weighted by molar-refractivity contribution is 8.01. The van der Waals surface area contributed by atoms with Crippen LogP contribution in [0.4, 0.5) is 10.8 Å². The molecule has 1 N–H and O–H groups in total. The van der Waals surface area contributed by atoms with Crippen molar-refractivity contribution < 1.29 is 13.2 Å². The quantitative estimate of drug-likeness (QED) is 0.511. The minimum atomic E-state index is -3.67. The third-order valence-electron chi connectivity index (χ3n) is 3.70. The van der Waals surface area contributed by atoms with Gasteiger partial charge in [-0.3, -0.25) is 14.4 Å². The van der Waals surface area contributed by atoms with Gasteiger partial charge in [-0.15, -0.1) is 10.2 Å². The Labute approximate surface area is 168 Å². The number of nitrogens with zero attached hydrogens (tertiary/aromatic N) is 3. The second-order valence-electron chi connectivity index (χ2n) is 6.12. The van der Waals surface area contributed by atoms with Crippen molar-refractivity contribution in [3.05, 3.63) is 29.3 Å². The van der Waals surface area contributed by atoms with E-state index in [2.05, 4.69) is 15.5 Å². The summed E-state index contributed by atoms with van der Waals surface area (Å²) in [5.41, 5.74) is 2.34. The first-order valence-corrected chi connectivity index (χ1v) is 12.2. The Morgan fingerprint density at radius 2 is 1.85 bits per heavy atom. The maximum absolute atomic E-state index is 12.9. The number of amides is 1. The van der Waals surface area contributed by atoms with Crippen LogP contribution in [0.3, 0.4) is 0 Å². The second-order valence-corrected chi connectivity index (χ2v) is 10.5. The average molecular weight is 429 g/mol. The van der Waals surface area contributed by atoms with Gasteiger partial charge in [0.15, 0.2) is 4.34 Å². The molecule has 1 aromatic carbocycles. The molecule has 0 aliphatic heterocycles. The van der Waals surface area contributed by atoms with Crippen LogP contribution in [-0.2, 0) is 14.8 Å². The normalized spacial score (nSPS) is 12.6. The van der Waals surface area contributed by atoms with Gasteiger partial charge in [0.1, 0.15) is 6.04 Å². The summed E-state index contributed by atoms with van der Waals surface area (Å²) < 4.78 is 27.0. The van der Waals surface area contributed by atoms with Crippen LogP contribution >= 0.6 is 23.1 Å². The van der Waals surface area contributed by atoms with Crippen LogP contribution in [-0.4, -0.2) is 42.6 Å². The number of aryl methyl sites for hydroxylation is 2. The van der Waals surface area contributed by atoms with Crippen LogP contribution in [0, 0.1) is 13.8 Å². The SMILES string of the molecule is CCSc1nnc(NC(=O)[C@@H](CC)N(c2cc(C)cc(C)c2)S(C)(=O)=O)s1. The molecule has 7 nitrogen and oxygen atoms in total. The van der Waals surface area contributed by atoms with Crippen molar-refractivity contribution in [3.63, 3.8) is 0 Å². The molecule has 2 aromatic rings. The molecule has 1 aromatic heterocycles. The van der Waals surface area contributed by atoms with E-state index in [1.54, 1.807) is 19.1 Å². The Balaban J connectivity index is 2.35. The summed E-state index contributed by atoms with van der Waals surface area (Å²) >= 11 is 2.81. The zero-order chi connectivity index (χ0) is 20.2. The smallest absolute Gasteiger partial charge is 0.250 e. The van der Waals surface area contributed by atoms with E-state index in [-0.39, 0.29) is 0 Å². The summed E-state index contributed by atoms with van der Waals surface area (Å²) in [6, 6.07) is 4.61. The van der Waals surface area contributed by atoms with Crippen LogP contribution < -0.4 is 9.62 Å². The fraction of sp³-hybridized carbons (Fsp3) is 0.471. The van der Waals surface area contributed by atoms with Gasteiger partial charge in [-0.05, 0) is 49.3 Å². The monoisotopic (exact) mass is 428 g/mol. The van der Waals surface area contributed by atoms with Crippen LogP contribution in [0.2, 0.25) is 0 Å². The topological polar surface area (TPSA) is 92.3 Å². The fourth-order valence-corrected chi connectivity index (χ4v) is 5.62. The highest BCUT2D eigenvalue weighted by Gasteiger charge is 2.32. The van der Waals surface area contributed by atoms with Crippen LogP contribution in [0.15, 0.2) is 22.5 Å². The van der Waals surface area contributed by atoms with Crippen molar-refractivity contribution in [2.45, 2.75) is 44.5 Å². The average Bonchev–Trinajstić information content (AvgIpc) is 2.97. The molecule has 0 aliphatic rings. The summed E-state index contributed by atoms with van der Waals surface area (Å²) in [7, 11) is -3.67. The number of benzene rings is 1. The summed E-state index contributed by atoms with van der Waals surface area (Å²) in [6.45, 7) is 7.58. The van der Waals surface area contributed by atoms with Crippen molar-refractivity contribution in [2.24, 2.45) is 0 Å². The van der Waals surface area contributed by atoms with Gasteiger partial charge in [-0.2, -0.15) is 0 Å². The Bertz CT molecular complexity index is 892. The van der Waals surface area contributed by atoms with E-state index >= 15 is 0 Å². The lowest BCUT2D eigenvalue weighted by Gasteiger charge is -2.30. The summed E-state index contributed by atoms with van der Waals surface area (Å²) in [5, 5.41) is 11.0. The predicted octanol–water partition coefficient (Wildman–Crippen LogP) is 3.45. The summed E-state index contributed by atoms with van der Waals surface area (Å²) in [5.74, 6) is 0.431. The summed E-state index contributed by atoms with van der Waals surface area (Å²) in [4.78, 5) is 12.9. The molecular weight excluding hydrogens is 404 g/mol. The molecular formula is C17H24N4O3S3. The third kappa shape index (κ3) is 5.66. The molecule has 0 saturated carbocycles. The van der Waals surface area contributed by atoms with E-state index in [4.69, 9.17) is 0 Å². The zero-order valence-corrected chi connectivity index (χ0v) is 18.5. The van der Waals surface area contributed by atoms with E-state index in [9.17, 15) is 13.2 Å². The third-order valence-corrected chi connectivity index (χ3v) is 6.73. The van der Waals surface area contributed by atoms with Gasteiger partial charge < -0.3 is 0 Å². The lowest BCUT2D eigenvalue weighted by atomic mass is 10.1. The number of anilines is 2. The zero-order valence-electron chi connectivity index (χ0n) is 16.0. The lowest BCUT2D eigenvalue weighted by Crippen LogP contribution is -2.47. The number of rotatable bonds is 8. The second kappa shape index (κ2) is 9.03. The molecule has 0 bridgehead atoms. The number of hydrogen-bond acceptors (Lipinski definition) is 7. The molecule has 0 unspecified atom stereocenters. The largest absolute Gasteiger partial charge is 0.299 e. The molecule has 148 valence electrons. The Morgan fingerprint density at radius 3 is 2.37 bits per heavy atom. The molecule has 1 amide bonds. The molecule has 10 heteroatoms. The van der Waals surface area contributed by atoms with E-state index in [1.807, 2.05) is 26.8 Å². The Hall–Kier alpha value is -1.65. The van der Waals surface area contributed by atoms with Crippen LogP contribution in [0.25, 0.3) is 0 Å². The van der Waals surface area contributed by atoms with Crippen LogP contribution in [0.5, 0.6) is 0 Å². The number of carbonyl (C=O) groups is 1. The van der Waals surface area contributed by atoms with Crippen molar-refractivity contribution in [3.8, 4) is 0 Å². The van der Waals surface area contributed by atoms with Crippen LogP contribution in [0.1, 0.15) is 31.4 Å². The minimum Gasteiger partial charge on any atom is -0.299 e. The van der Waals surface area contributed by atoms with E-state index < -0.39 is 22.0 Å². The van der Waals surface area contributed by atoms with Gasteiger partial charge in [0.2, 0.25) is 21.1 Å². The number of aromatic nitrogens is 2. The standard InChI is InChI=1S/C17H24N4O3S3/c1-6-14(15(22)18-16-19-20-17(26-16)25-7-2)21(27(5,23)24)13-9-11(3)8-12(4)10-13/h8-10,14H,6-7H2,1-5H3,(H,18,19,22)/t14-/m1/s1. The predicted molar refractivity (Wildman–Crippen MR) is 112 cm³/mol. The molecule has 0 radical (unpaired) electrons. The van der Waals surface area contributed by atoms with Gasteiger partial charge in [0, 0.05) is 0 Å². The van der Waals surface area contributed by atoms with Gasteiger partial charge in [-0.1, -0.05) is 43.0 Å². The molecule has 1 heterocycles. The van der Waals surface area contributed by atoms with Gasteiger partial charge in [-0.25, -0.2) is 8.42 Å². The minimum absolute atomic E-state index is 0.321. The van der Waals surface area contributed by atoms with Crippen molar-refractivity contribution in [1.82, 2.24) is 10.2 Å². The first-order chi connectivity index (χ1) is 12.7. The highest BCUT2D eigenvalue weighted by Crippen LogP contribution is 2.28. The molecule has 1 atom stereocenters. The van der Waals surface area contributed by atoms with Gasteiger partial charge in [0.25, 0.3) is 0 Å². The number of carbonyl (C=O) groups excluding carboxylic acids is 1. The maximum Gasteiger partial charge on any atom is 0.250 e. The molecule has 0 aliphatic carbocycles. The lowest BCUT2D eigenvalue weighted by molar-refractivity contribution is -0.117. The molecule has 0 fully saturated rings. The van der Waals surface area contributed by atoms with E-state index in [0.717, 1.165) is 27.5 Å². The van der Waals surface area contributed by atoms with E-state index in [0.29, 0.717) is 17.2 Å². The van der Waals surface area contributed by atoms with Crippen molar-refractivity contribution in [1.29, 1.82) is 0 Å². The first-order valence-electron chi connectivity index (χ1n) is 8.50. The Kier molecular flexibility index (Phi) is 7.24. The Morgan fingerprint density at radius 1 is 1.22 bits per heavy atom. The number of sulfonamides is 1. The van der Waals surface area contributed by atoms with Gasteiger partial charge >= 0.3 is 0 Å². The molecule has 27 heavy (non-hydrogen) atoms. The highest BCUT2D eigenvalue weighted by atomic mass is 32.2. The molecule has 0 saturated heterocycles. The first kappa shape index (κ1) is 21.6. The summed E-state index contributed by atoms with van der Waals surface area (Å²) in [6.07, 6.45) is 1.43. The van der Waals surface area contributed by atoms with Crippen molar-refractivity contribution in [2.75, 3.05) is 21.6 Å².